The maximum absolute atomic E-state index is 3.42. The van der Waals surface area contributed by atoms with Crippen molar-refractivity contribution in [3.8, 4) is 0 Å². The molecule has 1 aliphatic rings. The second kappa shape index (κ2) is 2.28. The third-order valence-corrected chi connectivity index (χ3v) is 2.83. The largest absolute Gasteiger partial charge is 0.384 e. The van der Waals surface area contributed by atoms with Crippen molar-refractivity contribution in [2.75, 3.05) is 11.9 Å². The first kappa shape index (κ1) is 7.01. The zero-order chi connectivity index (χ0) is 8.84. The van der Waals surface area contributed by atoms with Crippen molar-refractivity contribution in [2.24, 2.45) is 0 Å². The Kier molecular flexibility index (Phi) is 1.23. The van der Waals surface area contributed by atoms with E-state index in [1.54, 1.807) is 0 Å². The fraction of sp³-hybridized carbons (Fsp3) is 0.273. The van der Waals surface area contributed by atoms with E-state index in [0.717, 1.165) is 13.0 Å². The molecule has 1 aromatic carbocycles. The SMILES string of the molecule is Cc1[nH]c2cccc3c2c1CCN3. The highest BCUT2D eigenvalue weighted by Gasteiger charge is 2.15. The number of nitrogens with one attached hydrogen (secondary N) is 2. The molecular weight excluding hydrogens is 160 g/mol. The van der Waals surface area contributed by atoms with Crippen LogP contribution in [0.2, 0.25) is 0 Å². The lowest BCUT2D eigenvalue weighted by Gasteiger charge is -2.14. The number of rotatable bonds is 0. The van der Waals surface area contributed by atoms with E-state index < -0.39 is 0 Å². The monoisotopic (exact) mass is 172 g/mol. The maximum atomic E-state index is 3.42. The number of H-pyrrole nitrogens is 1. The molecule has 0 fully saturated rings. The highest BCUT2D eigenvalue weighted by molar-refractivity contribution is 5.96. The third-order valence-electron chi connectivity index (χ3n) is 2.83. The molecule has 1 aliphatic heterocycles. The third kappa shape index (κ3) is 0.829. The smallest absolute Gasteiger partial charge is 0.0479 e. The average molecular weight is 172 g/mol. The fourth-order valence-corrected chi connectivity index (χ4v) is 2.23. The van der Waals surface area contributed by atoms with Gasteiger partial charge in [-0.15, -0.1) is 0 Å². The second-order valence-corrected chi connectivity index (χ2v) is 3.63. The Hall–Kier alpha value is -1.44. The standard InChI is InChI=1S/C11H12N2/c1-7-8-5-6-12-9-3-2-4-10(13-7)11(8)9/h2-4,12-13H,5-6H2,1H3. The van der Waals surface area contributed by atoms with Gasteiger partial charge in [0.25, 0.3) is 0 Å². The molecule has 0 amide bonds. The lowest BCUT2D eigenvalue weighted by Crippen LogP contribution is -2.10. The summed E-state index contributed by atoms with van der Waals surface area (Å²) in [6, 6.07) is 6.39. The summed E-state index contributed by atoms with van der Waals surface area (Å²) in [6.07, 6.45) is 1.14. The zero-order valence-electron chi connectivity index (χ0n) is 7.65. The molecule has 1 aromatic heterocycles. The molecule has 2 aromatic rings. The molecule has 0 unspecified atom stereocenters. The summed E-state index contributed by atoms with van der Waals surface area (Å²) >= 11 is 0. The van der Waals surface area contributed by atoms with Gasteiger partial charge in [-0.3, -0.25) is 0 Å². The Bertz CT molecular complexity index is 468. The van der Waals surface area contributed by atoms with Gasteiger partial charge in [-0.25, -0.2) is 0 Å². The highest BCUT2D eigenvalue weighted by Crippen LogP contribution is 2.32. The quantitative estimate of drug-likeness (QED) is 0.627. The molecule has 0 saturated carbocycles. The van der Waals surface area contributed by atoms with Crippen LogP contribution in [-0.2, 0) is 6.42 Å². The molecule has 2 heteroatoms. The van der Waals surface area contributed by atoms with Crippen molar-refractivity contribution in [2.45, 2.75) is 13.3 Å². The van der Waals surface area contributed by atoms with E-state index in [1.807, 2.05) is 0 Å². The molecule has 3 rings (SSSR count). The number of hydrogen-bond donors (Lipinski definition) is 2. The highest BCUT2D eigenvalue weighted by atomic mass is 14.9. The minimum Gasteiger partial charge on any atom is -0.384 e. The van der Waals surface area contributed by atoms with Gasteiger partial charge in [0, 0.05) is 28.8 Å². The first-order valence-corrected chi connectivity index (χ1v) is 4.70. The maximum Gasteiger partial charge on any atom is 0.0479 e. The molecule has 0 aliphatic carbocycles. The Morgan fingerprint density at radius 1 is 1.31 bits per heavy atom. The minimum absolute atomic E-state index is 1.06. The Labute approximate surface area is 77.0 Å². The molecule has 0 atom stereocenters. The normalized spacial score (nSPS) is 14.5. The van der Waals surface area contributed by atoms with Gasteiger partial charge in [0.1, 0.15) is 0 Å². The number of aromatic nitrogens is 1. The van der Waals surface area contributed by atoms with Crippen molar-refractivity contribution >= 4 is 16.6 Å². The second-order valence-electron chi connectivity index (χ2n) is 3.63. The number of anilines is 1. The summed E-state index contributed by atoms with van der Waals surface area (Å²) in [4.78, 5) is 3.42. The van der Waals surface area contributed by atoms with Gasteiger partial charge >= 0.3 is 0 Å². The van der Waals surface area contributed by atoms with Gasteiger partial charge in [-0.05, 0) is 31.0 Å². The molecule has 2 heterocycles. The van der Waals surface area contributed by atoms with Crippen molar-refractivity contribution in [1.29, 1.82) is 0 Å². The van der Waals surface area contributed by atoms with Crippen molar-refractivity contribution < 1.29 is 0 Å². The van der Waals surface area contributed by atoms with Crippen LogP contribution in [0.5, 0.6) is 0 Å². The van der Waals surface area contributed by atoms with Gasteiger partial charge in [-0.2, -0.15) is 0 Å². The van der Waals surface area contributed by atoms with Gasteiger partial charge < -0.3 is 10.3 Å². The van der Waals surface area contributed by atoms with Crippen LogP contribution in [0.3, 0.4) is 0 Å². The lowest BCUT2D eigenvalue weighted by atomic mass is 10.0. The van der Waals surface area contributed by atoms with Crippen LogP contribution in [0, 0.1) is 6.92 Å². The lowest BCUT2D eigenvalue weighted by molar-refractivity contribution is 0.996. The number of aromatic amines is 1. The van der Waals surface area contributed by atoms with E-state index in [2.05, 4.69) is 35.4 Å². The van der Waals surface area contributed by atoms with Crippen LogP contribution in [-0.4, -0.2) is 11.5 Å². The van der Waals surface area contributed by atoms with Gasteiger partial charge in [0.2, 0.25) is 0 Å². The summed E-state index contributed by atoms with van der Waals surface area (Å²) in [7, 11) is 0. The Morgan fingerprint density at radius 2 is 2.23 bits per heavy atom. The van der Waals surface area contributed by atoms with E-state index in [0.29, 0.717) is 0 Å². The minimum atomic E-state index is 1.06. The molecule has 2 N–H and O–H groups in total. The number of benzene rings is 1. The molecular formula is C11H12N2. The average Bonchev–Trinajstić information content (AvgIpc) is 2.47. The molecule has 0 saturated heterocycles. The van der Waals surface area contributed by atoms with E-state index in [-0.39, 0.29) is 0 Å². The van der Waals surface area contributed by atoms with Gasteiger partial charge in [-0.1, -0.05) is 6.07 Å². The van der Waals surface area contributed by atoms with Crippen LogP contribution in [0.15, 0.2) is 18.2 Å². The first-order valence-electron chi connectivity index (χ1n) is 4.70. The zero-order valence-corrected chi connectivity index (χ0v) is 7.65. The van der Waals surface area contributed by atoms with Crippen molar-refractivity contribution in [3.63, 3.8) is 0 Å². The van der Waals surface area contributed by atoms with Crippen LogP contribution < -0.4 is 5.32 Å². The van der Waals surface area contributed by atoms with Crippen molar-refractivity contribution in [1.82, 2.24) is 4.98 Å². The molecule has 0 spiro atoms. The predicted octanol–water partition coefficient (Wildman–Crippen LogP) is 2.44. The molecule has 0 bridgehead atoms. The first-order chi connectivity index (χ1) is 6.36. The predicted molar refractivity (Wildman–Crippen MR) is 55.2 cm³/mol. The molecule has 66 valence electrons. The summed E-state index contributed by atoms with van der Waals surface area (Å²) in [5, 5.41) is 4.81. The van der Waals surface area contributed by atoms with Crippen LogP contribution in [0.1, 0.15) is 11.3 Å². The number of hydrogen-bond acceptors (Lipinski definition) is 1. The van der Waals surface area contributed by atoms with Crippen LogP contribution in [0.4, 0.5) is 5.69 Å². The summed E-state index contributed by atoms with van der Waals surface area (Å²) in [5.41, 5.74) is 5.36. The van der Waals surface area contributed by atoms with Gasteiger partial charge in [0.15, 0.2) is 0 Å². The topological polar surface area (TPSA) is 27.8 Å². The van der Waals surface area contributed by atoms with E-state index in [9.17, 15) is 0 Å². The fourth-order valence-electron chi connectivity index (χ4n) is 2.23. The van der Waals surface area contributed by atoms with Crippen LogP contribution in [0.25, 0.3) is 10.9 Å². The summed E-state index contributed by atoms with van der Waals surface area (Å²) in [6.45, 7) is 3.22. The van der Waals surface area contributed by atoms with Crippen LogP contribution >= 0.6 is 0 Å². The molecule has 0 radical (unpaired) electrons. The number of aryl methyl sites for hydroxylation is 1. The van der Waals surface area contributed by atoms with E-state index >= 15 is 0 Å². The molecule has 13 heavy (non-hydrogen) atoms. The van der Waals surface area contributed by atoms with Crippen molar-refractivity contribution in [3.05, 3.63) is 29.5 Å². The Balaban J connectivity index is 2.51. The van der Waals surface area contributed by atoms with Gasteiger partial charge in [0.05, 0.1) is 0 Å². The Morgan fingerprint density at radius 3 is 3.15 bits per heavy atom. The summed E-state index contributed by atoms with van der Waals surface area (Å²) in [5.74, 6) is 0. The van der Waals surface area contributed by atoms with E-state index in [4.69, 9.17) is 0 Å². The molecule has 2 nitrogen and oxygen atoms in total. The summed E-state index contributed by atoms with van der Waals surface area (Å²) < 4.78 is 0. The van der Waals surface area contributed by atoms with E-state index in [1.165, 1.54) is 27.8 Å².